The number of amides is 2. The Morgan fingerprint density at radius 2 is 1.97 bits per heavy atom. The molecular formula is C24H23F3N4O3. The van der Waals surface area contributed by atoms with Gasteiger partial charge in [-0.3, -0.25) is 9.59 Å². The average molecular weight is 472 g/mol. The molecule has 4 rings (SSSR count). The molecule has 0 radical (unpaired) electrons. The molecule has 10 heteroatoms. The Hall–Kier alpha value is -3.61. The topological polar surface area (TPSA) is 118 Å². The smallest absolute Gasteiger partial charge is 0.389 e. The summed E-state index contributed by atoms with van der Waals surface area (Å²) < 4.78 is 43.5. The number of hydrogen-bond acceptors (Lipinski definition) is 5. The molecule has 2 saturated carbocycles. The third-order valence-corrected chi connectivity index (χ3v) is 6.41. The fraction of sp³-hybridized carbons (Fsp3) is 0.417. The fourth-order valence-electron chi connectivity index (χ4n) is 4.83. The van der Waals surface area contributed by atoms with Crippen LogP contribution in [0.4, 0.5) is 13.2 Å². The van der Waals surface area contributed by atoms with Crippen molar-refractivity contribution >= 4 is 11.8 Å². The molecule has 3 N–H and O–H groups in total. The van der Waals surface area contributed by atoms with Gasteiger partial charge in [-0.2, -0.15) is 18.4 Å². The molecule has 1 aromatic carbocycles. The number of nitrogens with one attached hydrogen (secondary N) is 1. The fourth-order valence-corrected chi connectivity index (χ4v) is 4.83. The maximum absolute atomic E-state index is 12.7. The van der Waals surface area contributed by atoms with E-state index in [-0.39, 0.29) is 46.6 Å². The monoisotopic (exact) mass is 472 g/mol. The van der Waals surface area contributed by atoms with Crippen LogP contribution < -0.4 is 15.8 Å². The van der Waals surface area contributed by atoms with E-state index in [1.54, 1.807) is 12.1 Å². The van der Waals surface area contributed by atoms with Crippen molar-refractivity contribution in [2.75, 3.05) is 0 Å². The van der Waals surface area contributed by atoms with Crippen molar-refractivity contribution in [3.63, 3.8) is 0 Å². The third-order valence-electron chi connectivity index (χ3n) is 6.41. The highest BCUT2D eigenvalue weighted by Crippen LogP contribution is 2.56. The number of rotatable bonds is 7. The molecule has 0 atom stereocenters. The number of pyridine rings is 1. The summed E-state index contributed by atoms with van der Waals surface area (Å²) in [4.78, 5) is 28.3. The van der Waals surface area contributed by atoms with Crippen LogP contribution in [0.1, 0.15) is 63.9 Å². The molecule has 0 bridgehead atoms. The van der Waals surface area contributed by atoms with E-state index in [1.165, 1.54) is 24.4 Å². The minimum atomic E-state index is -4.31. The summed E-state index contributed by atoms with van der Waals surface area (Å²) in [5.74, 6) is -0.791. The molecule has 0 saturated heterocycles. The lowest BCUT2D eigenvalue weighted by molar-refractivity contribution is -0.134. The minimum Gasteiger partial charge on any atom is -0.474 e. The number of ether oxygens (including phenoxy) is 1. The van der Waals surface area contributed by atoms with Crippen LogP contribution >= 0.6 is 0 Å². The first-order valence-corrected chi connectivity index (χ1v) is 10.9. The molecule has 7 nitrogen and oxygen atoms in total. The summed E-state index contributed by atoms with van der Waals surface area (Å²) in [5.41, 5.74) is 6.27. The first kappa shape index (κ1) is 23.5. The Morgan fingerprint density at radius 3 is 2.62 bits per heavy atom. The summed E-state index contributed by atoms with van der Waals surface area (Å²) in [6.45, 7) is 0. The van der Waals surface area contributed by atoms with E-state index in [1.807, 2.05) is 6.07 Å². The average Bonchev–Trinajstić information content (AvgIpc) is 2.74. The second kappa shape index (κ2) is 8.97. The number of benzene rings is 1. The highest BCUT2D eigenvalue weighted by Gasteiger charge is 2.54. The Balaban J connectivity index is 1.29. The molecule has 2 aliphatic rings. The number of primary amides is 1. The van der Waals surface area contributed by atoms with Crippen LogP contribution in [0.3, 0.4) is 0 Å². The summed E-state index contributed by atoms with van der Waals surface area (Å²) >= 11 is 0. The number of aryl methyl sites for hydroxylation is 1. The van der Waals surface area contributed by atoms with Gasteiger partial charge in [0.25, 0.3) is 11.8 Å². The molecule has 1 heterocycles. The zero-order chi connectivity index (χ0) is 24.5. The van der Waals surface area contributed by atoms with Crippen LogP contribution in [0.25, 0.3) is 0 Å². The van der Waals surface area contributed by atoms with Gasteiger partial charge in [-0.05, 0) is 73.4 Å². The lowest BCUT2D eigenvalue weighted by atomic mass is 9.53. The zero-order valence-corrected chi connectivity index (χ0v) is 18.2. The van der Waals surface area contributed by atoms with Crippen LogP contribution in [0.5, 0.6) is 5.88 Å². The Labute approximate surface area is 194 Å². The van der Waals surface area contributed by atoms with Gasteiger partial charge in [0.1, 0.15) is 11.7 Å². The van der Waals surface area contributed by atoms with Gasteiger partial charge in [0.2, 0.25) is 5.88 Å². The predicted octanol–water partition coefficient (Wildman–Crippen LogP) is 3.67. The highest BCUT2D eigenvalue weighted by atomic mass is 19.4. The number of halogens is 3. The number of carbonyl (C=O) groups excluding carboxylic acids is 2. The van der Waals surface area contributed by atoms with E-state index >= 15 is 0 Å². The van der Waals surface area contributed by atoms with Crippen molar-refractivity contribution in [2.24, 2.45) is 11.1 Å². The number of nitriles is 1. The van der Waals surface area contributed by atoms with Gasteiger partial charge in [0, 0.05) is 24.2 Å². The summed E-state index contributed by atoms with van der Waals surface area (Å²) in [5, 5.41) is 12.1. The van der Waals surface area contributed by atoms with E-state index in [0.29, 0.717) is 5.56 Å². The van der Waals surface area contributed by atoms with Gasteiger partial charge in [0.15, 0.2) is 0 Å². The van der Waals surface area contributed by atoms with E-state index in [2.05, 4.69) is 10.3 Å². The van der Waals surface area contributed by atoms with Gasteiger partial charge in [0.05, 0.1) is 11.6 Å². The highest BCUT2D eigenvalue weighted by molar-refractivity contribution is 5.95. The normalized spacial score (nSPS) is 23.4. The van der Waals surface area contributed by atoms with Gasteiger partial charge in [-0.15, -0.1) is 0 Å². The molecule has 0 unspecified atom stereocenters. The molecular weight excluding hydrogens is 449 g/mol. The van der Waals surface area contributed by atoms with Crippen molar-refractivity contribution in [3.8, 4) is 11.9 Å². The quantitative estimate of drug-likeness (QED) is 0.638. The second-order valence-electron chi connectivity index (χ2n) is 9.09. The van der Waals surface area contributed by atoms with E-state index < -0.39 is 24.4 Å². The minimum absolute atomic E-state index is 0.0522. The largest absolute Gasteiger partial charge is 0.474 e. The van der Waals surface area contributed by atoms with Crippen molar-refractivity contribution in [3.05, 3.63) is 58.8 Å². The van der Waals surface area contributed by atoms with Crippen molar-refractivity contribution in [1.29, 1.82) is 5.26 Å². The molecule has 178 valence electrons. The molecule has 2 aromatic rings. The lowest BCUT2D eigenvalue weighted by Crippen LogP contribution is -2.58. The first-order chi connectivity index (χ1) is 16.1. The van der Waals surface area contributed by atoms with Crippen molar-refractivity contribution in [2.45, 2.75) is 56.8 Å². The van der Waals surface area contributed by atoms with Gasteiger partial charge in [-0.1, -0.05) is 0 Å². The summed E-state index contributed by atoms with van der Waals surface area (Å²) in [7, 11) is 0. The number of alkyl halides is 3. The zero-order valence-electron chi connectivity index (χ0n) is 18.2. The van der Waals surface area contributed by atoms with Gasteiger partial charge >= 0.3 is 6.18 Å². The van der Waals surface area contributed by atoms with E-state index in [4.69, 9.17) is 10.5 Å². The molecule has 1 aromatic heterocycles. The van der Waals surface area contributed by atoms with Crippen molar-refractivity contribution < 1.29 is 27.5 Å². The maximum atomic E-state index is 12.7. The number of nitrogens with two attached hydrogens (primary N) is 1. The van der Waals surface area contributed by atoms with Crippen LogP contribution in [0, 0.1) is 16.7 Å². The molecule has 2 amide bonds. The van der Waals surface area contributed by atoms with Crippen LogP contribution in [-0.4, -0.2) is 35.1 Å². The molecule has 2 aliphatic carbocycles. The number of hydrogen-bond donors (Lipinski definition) is 2. The predicted molar refractivity (Wildman–Crippen MR) is 115 cm³/mol. The van der Waals surface area contributed by atoms with Gasteiger partial charge in [-0.25, -0.2) is 4.98 Å². The van der Waals surface area contributed by atoms with Gasteiger partial charge < -0.3 is 15.8 Å². The van der Waals surface area contributed by atoms with Crippen LogP contribution in [-0.2, 0) is 6.42 Å². The van der Waals surface area contributed by atoms with E-state index in [9.17, 15) is 28.0 Å². The molecule has 2 fully saturated rings. The van der Waals surface area contributed by atoms with Crippen molar-refractivity contribution in [1.82, 2.24) is 10.3 Å². The number of nitrogens with zero attached hydrogens (tertiary/aromatic N) is 2. The number of carbonyl (C=O) groups is 2. The van der Waals surface area contributed by atoms with Crippen LogP contribution in [0.2, 0.25) is 0 Å². The summed E-state index contributed by atoms with van der Waals surface area (Å²) in [6.07, 6.45) is -1.15. The Morgan fingerprint density at radius 1 is 1.24 bits per heavy atom. The Bertz CT molecular complexity index is 1140. The molecule has 0 aliphatic heterocycles. The number of aromatic nitrogens is 1. The maximum Gasteiger partial charge on any atom is 0.389 e. The second-order valence-corrected chi connectivity index (χ2v) is 9.09. The third kappa shape index (κ3) is 5.30. The Kier molecular flexibility index (Phi) is 6.21. The SMILES string of the molecule is N#Cc1cc(CCC(F)(F)F)cc(C(=O)NC2CC3(C2)CC(Oc2ncccc2C(N)=O)C3)c1. The molecule has 1 spiro atoms. The van der Waals surface area contributed by atoms with E-state index in [0.717, 1.165) is 25.7 Å². The standard InChI is InChI=1S/C24H23F3N4O3/c25-24(26,27)4-3-14-6-15(13-28)8-16(7-14)21(33)31-17-9-23(10-17)11-18(12-23)34-22-19(20(29)32)2-1-5-30-22/h1-2,5-8,17-18H,3-4,9-12H2,(H2,29,32)(H,31,33). The lowest BCUT2D eigenvalue weighted by Gasteiger charge is -2.57. The van der Waals surface area contributed by atoms with Crippen LogP contribution in [0.15, 0.2) is 36.5 Å². The molecule has 34 heavy (non-hydrogen) atoms. The summed E-state index contributed by atoms with van der Waals surface area (Å²) in [6, 6.07) is 9.18. The first-order valence-electron chi connectivity index (χ1n) is 10.9.